The molecule has 0 atom stereocenters. The van der Waals surface area contributed by atoms with E-state index in [1.54, 1.807) is 6.20 Å². The predicted octanol–water partition coefficient (Wildman–Crippen LogP) is 0.873. The molecule has 18 heavy (non-hydrogen) atoms. The summed E-state index contributed by atoms with van der Waals surface area (Å²) in [5.74, 6) is 0.158. The lowest BCUT2D eigenvalue weighted by Crippen LogP contribution is -2.47. The molecule has 5 heteroatoms. The van der Waals surface area contributed by atoms with Gasteiger partial charge in [0.2, 0.25) is 5.91 Å². The molecule has 0 unspecified atom stereocenters. The molecule has 0 saturated carbocycles. The molecule has 1 aliphatic heterocycles. The summed E-state index contributed by atoms with van der Waals surface area (Å²) in [4.78, 5) is 20.3. The number of nitrogens with one attached hydrogen (secondary N) is 2. The van der Waals surface area contributed by atoms with Crippen LogP contribution in [-0.4, -0.2) is 29.0 Å². The zero-order valence-corrected chi connectivity index (χ0v) is 10.8. The Morgan fingerprint density at radius 1 is 1.50 bits per heavy atom. The summed E-state index contributed by atoms with van der Waals surface area (Å²) >= 11 is 0. The number of piperidine rings is 1. The number of hydrogen-bond donors (Lipinski definition) is 2. The van der Waals surface area contributed by atoms with Crippen molar-refractivity contribution in [3.05, 3.63) is 24.3 Å². The summed E-state index contributed by atoms with van der Waals surface area (Å²) in [5.41, 5.74) is 0.650. The maximum atomic E-state index is 12.3. The molecule has 5 nitrogen and oxygen atoms in total. The van der Waals surface area contributed by atoms with E-state index in [1.165, 1.54) is 6.33 Å². The topological polar surface area (TPSA) is 66.9 Å². The molecule has 2 N–H and O–H groups in total. The molecule has 1 aliphatic rings. The highest BCUT2D eigenvalue weighted by atomic mass is 16.2. The Morgan fingerprint density at radius 3 is 2.89 bits per heavy atom. The quantitative estimate of drug-likeness (QED) is 0.830. The lowest BCUT2D eigenvalue weighted by atomic mass is 9.76. The van der Waals surface area contributed by atoms with Crippen LogP contribution in [0.1, 0.15) is 31.9 Å². The van der Waals surface area contributed by atoms with Crippen LogP contribution in [0.25, 0.3) is 0 Å². The molecule has 0 radical (unpaired) electrons. The third-order valence-corrected chi connectivity index (χ3v) is 3.79. The van der Waals surface area contributed by atoms with Crippen LogP contribution in [0.2, 0.25) is 0 Å². The van der Waals surface area contributed by atoms with Crippen LogP contribution in [0.5, 0.6) is 0 Å². The smallest absolute Gasteiger partial charge is 0.226 e. The van der Waals surface area contributed by atoms with E-state index >= 15 is 0 Å². The van der Waals surface area contributed by atoms with Gasteiger partial charge in [-0.2, -0.15) is 0 Å². The van der Waals surface area contributed by atoms with Crippen molar-refractivity contribution in [1.29, 1.82) is 0 Å². The Labute approximate surface area is 107 Å². The number of rotatable bonds is 4. The first-order valence-electron chi connectivity index (χ1n) is 6.51. The van der Waals surface area contributed by atoms with Gasteiger partial charge in [-0.1, -0.05) is 6.92 Å². The third kappa shape index (κ3) is 2.85. The van der Waals surface area contributed by atoms with Crippen LogP contribution in [0.3, 0.4) is 0 Å². The maximum Gasteiger partial charge on any atom is 0.226 e. The minimum absolute atomic E-state index is 0.158. The fourth-order valence-corrected chi connectivity index (χ4v) is 2.43. The largest absolute Gasteiger partial charge is 0.350 e. The minimum Gasteiger partial charge on any atom is -0.350 e. The number of hydrogen-bond acceptors (Lipinski definition) is 4. The molecule has 2 rings (SSSR count). The number of amides is 1. The summed E-state index contributed by atoms with van der Waals surface area (Å²) in [6.07, 6.45) is 5.92. The first-order chi connectivity index (χ1) is 8.77. The molecular weight excluding hydrogens is 228 g/mol. The fourth-order valence-electron chi connectivity index (χ4n) is 2.43. The monoisotopic (exact) mass is 248 g/mol. The van der Waals surface area contributed by atoms with Crippen LogP contribution in [0.15, 0.2) is 18.6 Å². The molecule has 1 aromatic heterocycles. The second kappa shape index (κ2) is 5.91. The van der Waals surface area contributed by atoms with Gasteiger partial charge in [0, 0.05) is 6.20 Å². The van der Waals surface area contributed by atoms with Crippen LogP contribution >= 0.6 is 0 Å². The van der Waals surface area contributed by atoms with Gasteiger partial charge < -0.3 is 10.6 Å². The number of carbonyl (C=O) groups is 1. The SMILES string of the molecule is CCC1(C(=O)NCc2ccncn2)CCNCC1. The summed E-state index contributed by atoms with van der Waals surface area (Å²) < 4.78 is 0. The average Bonchev–Trinajstić information content (AvgIpc) is 2.46. The Balaban J connectivity index is 1.94. The van der Waals surface area contributed by atoms with Gasteiger partial charge in [-0.25, -0.2) is 9.97 Å². The lowest BCUT2D eigenvalue weighted by molar-refractivity contribution is -0.133. The van der Waals surface area contributed by atoms with Gasteiger partial charge in [0.05, 0.1) is 17.7 Å². The van der Waals surface area contributed by atoms with Gasteiger partial charge in [-0.3, -0.25) is 4.79 Å². The van der Waals surface area contributed by atoms with E-state index in [4.69, 9.17) is 0 Å². The van der Waals surface area contributed by atoms with Crippen LogP contribution in [0.4, 0.5) is 0 Å². The van der Waals surface area contributed by atoms with Gasteiger partial charge >= 0.3 is 0 Å². The molecule has 0 aromatic carbocycles. The predicted molar refractivity (Wildman–Crippen MR) is 68.7 cm³/mol. The van der Waals surface area contributed by atoms with E-state index in [0.29, 0.717) is 6.54 Å². The van der Waals surface area contributed by atoms with E-state index in [2.05, 4.69) is 27.5 Å². The Morgan fingerprint density at radius 2 is 2.28 bits per heavy atom. The molecule has 1 aromatic rings. The van der Waals surface area contributed by atoms with Crippen LogP contribution in [-0.2, 0) is 11.3 Å². The summed E-state index contributed by atoms with van der Waals surface area (Å²) in [6, 6.07) is 1.82. The normalized spacial score (nSPS) is 18.3. The highest BCUT2D eigenvalue weighted by Gasteiger charge is 2.37. The highest BCUT2D eigenvalue weighted by molar-refractivity contribution is 5.82. The molecule has 0 aliphatic carbocycles. The Kier molecular flexibility index (Phi) is 4.25. The van der Waals surface area contributed by atoms with Crippen molar-refractivity contribution in [2.75, 3.05) is 13.1 Å². The zero-order valence-electron chi connectivity index (χ0n) is 10.8. The van der Waals surface area contributed by atoms with Crippen molar-refractivity contribution < 1.29 is 4.79 Å². The van der Waals surface area contributed by atoms with E-state index in [-0.39, 0.29) is 11.3 Å². The molecule has 1 amide bonds. The van der Waals surface area contributed by atoms with E-state index in [1.807, 2.05) is 6.07 Å². The highest BCUT2D eigenvalue weighted by Crippen LogP contribution is 2.32. The van der Waals surface area contributed by atoms with Crippen molar-refractivity contribution >= 4 is 5.91 Å². The van der Waals surface area contributed by atoms with Gasteiger partial charge in [0.1, 0.15) is 6.33 Å². The zero-order chi connectivity index (χ0) is 12.8. The standard InChI is InChI=1S/C13H20N4O/c1-2-13(4-7-14-8-5-13)12(18)16-9-11-3-6-15-10-17-11/h3,6,10,14H,2,4-5,7-9H2,1H3,(H,16,18). The Hall–Kier alpha value is -1.49. The molecule has 2 heterocycles. The first-order valence-corrected chi connectivity index (χ1v) is 6.51. The van der Waals surface area contributed by atoms with E-state index in [0.717, 1.165) is 38.0 Å². The molecule has 1 fully saturated rings. The van der Waals surface area contributed by atoms with Crippen LogP contribution in [0, 0.1) is 5.41 Å². The summed E-state index contributed by atoms with van der Waals surface area (Å²) in [7, 11) is 0. The Bertz CT molecular complexity index is 387. The second-order valence-corrected chi connectivity index (χ2v) is 4.77. The molecule has 0 bridgehead atoms. The van der Waals surface area contributed by atoms with Gasteiger partial charge in [0.15, 0.2) is 0 Å². The number of carbonyl (C=O) groups excluding carboxylic acids is 1. The van der Waals surface area contributed by atoms with Crippen molar-refractivity contribution in [2.45, 2.75) is 32.7 Å². The molecule has 98 valence electrons. The van der Waals surface area contributed by atoms with Crippen LogP contribution < -0.4 is 10.6 Å². The van der Waals surface area contributed by atoms with E-state index < -0.39 is 0 Å². The summed E-state index contributed by atoms with van der Waals surface area (Å²) in [5, 5.41) is 6.31. The molecular formula is C13H20N4O. The lowest BCUT2D eigenvalue weighted by Gasteiger charge is -2.35. The summed E-state index contributed by atoms with van der Waals surface area (Å²) in [6.45, 7) is 4.43. The van der Waals surface area contributed by atoms with Gasteiger partial charge in [-0.05, 0) is 38.4 Å². The fraction of sp³-hybridized carbons (Fsp3) is 0.615. The van der Waals surface area contributed by atoms with Gasteiger partial charge in [0.25, 0.3) is 0 Å². The third-order valence-electron chi connectivity index (χ3n) is 3.79. The van der Waals surface area contributed by atoms with Crippen molar-refractivity contribution in [3.8, 4) is 0 Å². The van der Waals surface area contributed by atoms with E-state index in [9.17, 15) is 4.79 Å². The average molecular weight is 248 g/mol. The molecule has 1 saturated heterocycles. The number of nitrogens with zero attached hydrogens (tertiary/aromatic N) is 2. The maximum absolute atomic E-state index is 12.3. The van der Waals surface area contributed by atoms with Crippen molar-refractivity contribution in [2.24, 2.45) is 5.41 Å². The molecule has 0 spiro atoms. The number of aromatic nitrogens is 2. The van der Waals surface area contributed by atoms with Crippen molar-refractivity contribution in [3.63, 3.8) is 0 Å². The first kappa shape index (κ1) is 13.0. The van der Waals surface area contributed by atoms with Gasteiger partial charge in [-0.15, -0.1) is 0 Å². The van der Waals surface area contributed by atoms with Crippen molar-refractivity contribution in [1.82, 2.24) is 20.6 Å². The minimum atomic E-state index is -0.196. The second-order valence-electron chi connectivity index (χ2n) is 4.77.